The first kappa shape index (κ1) is 13.3. The van der Waals surface area contributed by atoms with Crippen molar-refractivity contribution in [1.29, 1.82) is 0 Å². The summed E-state index contributed by atoms with van der Waals surface area (Å²) < 4.78 is 0. The van der Waals surface area contributed by atoms with Crippen molar-refractivity contribution in [3.63, 3.8) is 0 Å². The maximum absolute atomic E-state index is 9.85. The molecule has 0 spiro atoms. The van der Waals surface area contributed by atoms with E-state index in [1.165, 1.54) is 11.5 Å². The molecule has 0 aromatic heterocycles. The van der Waals surface area contributed by atoms with Crippen LogP contribution in [0, 0.1) is 0 Å². The zero-order chi connectivity index (χ0) is 11.3. The highest BCUT2D eigenvalue weighted by molar-refractivity contribution is 7.99. The van der Waals surface area contributed by atoms with Gasteiger partial charge in [0.15, 0.2) is 0 Å². The lowest BCUT2D eigenvalue weighted by molar-refractivity contribution is 0.110. The first-order chi connectivity index (χ1) is 6.97. The summed E-state index contributed by atoms with van der Waals surface area (Å²) in [6, 6.07) is 0. The lowest BCUT2D eigenvalue weighted by atomic mass is 10.1. The fourth-order valence-corrected chi connectivity index (χ4v) is 2.55. The summed E-state index contributed by atoms with van der Waals surface area (Å²) in [5, 5.41) is 13.2. The Bertz CT molecular complexity index is 176. The number of hydrogen-bond acceptors (Lipinski definition) is 4. The van der Waals surface area contributed by atoms with Crippen molar-refractivity contribution in [2.75, 3.05) is 37.7 Å². The summed E-state index contributed by atoms with van der Waals surface area (Å²) in [5.74, 6) is 2.42. The molecule has 1 heterocycles. The Kier molecular flexibility index (Phi) is 5.39. The topological polar surface area (TPSA) is 35.5 Å². The van der Waals surface area contributed by atoms with Gasteiger partial charge in [-0.1, -0.05) is 0 Å². The van der Waals surface area contributed by atoms with E-state index >= 15 is 0 Å². The van der Waals surface area contributed by atoms with Gasteiger partial charge in [0.2, 0.25) is 0 Å². The Morgan fingerprint density at radius 1 is 1.33 bits per heavy atom. The fraction of sp³-hybridized carbons (Fsp3) is 1.00. The molecule has 1 fully saturated rings. The molecule has 0 saturated carbocycles. The number of rotatable bonds is 4. The van der Waals surface area contributed by atoms with Gasteiger partial charge in [0, 0.05) is 43.2 Å². The quantitative estimate of drug-likeness (QED) is 0.751. The van der Waals surface area contributed by atoms with Gasteiger partial charge < -0.3 is 10.4 Å². The van der Waals surface area contributed by atoms with Crippen molar-refractivity contribution >= 4 is 11.8 Å². The molecule has 2 N–H and O–H groups in total. The molecule has 0 aliphatic carbocycles. The van der Waals surface area contributed by atoms with Crippen LogP contribution in [0.15, 0.2) is 0 Å². The average molecular weight is 232 g/mol. The van der Waals surface area contributed by atoms with Crippen molar-refractivity contribution in [2.24, 2.45) is 0 Å². The zero-order valence-corrected chi connectivity index (χ0v) is 10.9. The number of nitrogens with zero attached hydrogens (tertiary/aromatic N) is 1. The van der Waals surface area contributed by atoms with E-state index in [1.807, 2.05) is 11.8 Å². The highest BCUT2D eigenvalue weighted by Gasteiger charge is 2.16. The lowest BCUT2D eigenvalue weighted by Gasteiger charge is -2.29. The minimum absolute atomic E-state index is 0.0960. The van der Waals surface area contributed by atoms with E-state index in [9.17, 15) is 5.11 Å². The number of hydrogen-bond donors (Lipinski definition) is 2. The maximum Gasteiger partial charge on any atom is 0.0791 e. The molecule has 0 amide bonds. The monoisotopic (exact) mass is 232 g/mol. The van der Waals surface area contributed by atoms with Gasteiger partial charge in [-0.25, -0.2) is 0 Å². The lowest BCUT2D eigenvalue weighted by Crippen LogP contribution is -2.46. The van der Waals surface area contributed by atoms with Crippen LogP contribution in [0.5, 0.6) is 0 Å². The van der Waals surface area contributed by atoms with Crippen molar-refractivity contribution in [3.05, 3.63) is 0 Å². The molecule has 3 nitrogen and oxygen atoms in total. The minimum atomic E-state index is -0.243. The molecule has 1 atom stereocenters. The Labute approximate surface area is 97.6 Å². The molecule has 1 aliphatic heterocycles. The molecule has 0 aromatic carbocycles. The van der Waals surface area contributed by atoms with Gasteiger partial charge in [0.25, 0.3) is 0 Å². The third kappa shape index (κ3) is 6.40. The second-order valence-electron chi connectivity index (χ2n) is 5.20. The smallest absolute Gasteiger partial charge is 0.0791 e. The first-order valence-electron chi connectivity index (χ1n) is 5.70. The van der Waals surface area contributed by atoms with Crippen molar-refractivity contribution in [2.45, 2.75) is 32.4 Å². The van der Waals surface area contributed by atoms with Gasteiger partial charge in [-0.15, -0.1) is 0 Å². The SMILES string of the molecule is CC(C)(C)NCC(O)CN1CCSCC1. The van der Waals surface area contributed by atoms with E-state index in [-0.39, 0.29) is 11.6 Å². The van der Waals surface area contributed by atoms with Crippen LogP contribution < -0.4 is 5.32 Å². The molecule has 4 heteroatoms. The molecule has 1 unspecified atom stereocenters. The van der Waals surface area contributed by atoms with Crippen LogP contribution in [0.1, 0.15) is 20.8 Å². The largest absolute Gasteiger partial charge is 0.390 e. The normalized spacial score (nSPS) is 21.6. The van der Waals surface area contributed by atoms with Crippen molar-refractivity contribution < 1.29 is 5.11 Å². The van der Waals surface area contributed by atoms with Gasteiger partial charge in [-0.3, -0.25) is 4.90 Å². The maximum atomic E-state index is 9.85. The number of thioether (sulfide) groups is 1. The Morgan fingerprint density at radius 2 is 1.93 bits per heavy atom. The number of nitrogens with one attached hydrogen (secondary N) is 1. The minimum Gasteiger partial charge on any atom is -0.390 e. The van der Waals surface area contributed by atoms with E-state index in [4.69, 9.17) is 0 Å². The van der Waals surface area contributed by atoms with Crippen molar-refractivity contribution in [1.82, 2.24) is 10.2 Å². The van der Waals surface area contributed by atoms with E-state index in [2.05, 4.69) is 31.0 Å². The molecular weight excluding hydrogens is 208 g/mol. The summed E-state index contributed by atoms with van der Waals surface area (Å²) in [7, 11) is 0. The summed E-state index contributed by atoms with van der Waals surface area (Å²) in [6.07, 6.45) is -0.243. The Hall–Kier alpha value is 0.230. The van der Waals surface area contributed by atoms with E-state index < -0.39 is 0 Å². The van der Waals surface area contributed by atoms with Crippen LogP contribution >= 0.6 is 11.8 Å². The standard InChI is InChI=1S/C11H24N2OS/c1-11(2,3)12-8-10(14)9-13-4-6-15-7-5-13/h10,12,14H,4-9H2,1-3H3. The van der Waals surface area contributed by atoms with Crippen LogP contribution in [0.25, 0.3) is 0 Å². The fourth-order valence-electron chi connectivity index (χ4n) is 1.57. The molecule has 0 aromatic rings. The second kappa shape index (κ2) is 6.09. The van der Waals surface area contributed by atoms with Gasteiger partial charge in [-0.05, 0) is 20.8 Å². The molecule has 0 radical (unpaired) electrons. The van der Waals surface area contributed by atoms with E-state index in [0.29, 0.717) is 6.54 Å². The van der Waals surface area contributed by atoms with Gasteiger partial charge >= 0.3 is 0 Å². The van der Waals surface area contributed by atoms with Crippen LogP contribution in [0.4, 0.5) is 0 Å². The van der Waals surface area contributed by atoms with E-state index in [1.54, 1.807) is 0 Å². The number of aliphatic hydroxyl groups excluding tert-OH is 1. The predicted molar refractivity (Wildman–Crippen MR) is 67.5 cm³/mol. The first-order valence-corrected chi connectivity index (χ1v) is 6.86. The van der Waals surface area contributed by atoms with Gasteiger partial charge in [0.1, 0.15) is 0 Å². The molecular formula is C11H24N2OS. The number of aliphatic hydroxyl groups is 1. The zero-order valence-electron chi connectivity index (χ0n) is 10.1. The molecule has 0 bridgehead atoms. The van der Waals surface area contributed by atoms with Crippen LogP contribution in [-0.2, 0) is 0 Å². The second-order valence-corrected chi connectivity index (χ2v) is 6.42. The highest BCUT2D eigenvalue weighted by atomic mass is 32.2. The van der Waals surface area contributed by atoms with Crippen molar-refractivity contribution in [3.8, 4) is 0 Å². The average Bonchev–Trinajstić information content (AvgIpc) is 2.15. The summed E-state index contributed by atoms with van der Waals surface area (Å²) in [6.45, 7) is 10.1. The molecule has 1 rings (SSSR count). The van der Waals surface area contributed by atoms with Crippen LogP contribution in [0.2, 0.25) is 0 Å². The Morgan fingerprint density at radius 3 is 2.47 bits per heavy atom. The number of β-amino-alcohol motifs (C(OH)–C–C–N with tert-alkyl or cyclic N) is 1. The summed E-state index contributed by atoms with van der Waals surface area (Å²) >= 11 is 2.00. The van der Waals surface area contributed by atoms with Gasteiger partial charge in [0.05, 0.1) is 6.10 Å². The molecule has 1 saturated heterocycles. The van der Waals surface area contributed by atoms with Crippen LogP contribution in [0.3, 0.4) is 0 Å². The molecule has 90 valence electrons. The van der Waals surface area contributed by atoms with Gasteiger partial charge in [-0.2, -0.15) is 11.8 Å². The Balaban J connectivity index is 2.14. The van der Waals surface area contributed by atoms with E-state index in [0.717, 1.165) is 19.6 Å². The third-order valence-electron chi connectivity index (χ3n) is 2.44. The summed E-state index contributed by atoms with van der Waals surface area (Å²) in [5.41, 5.74) is 0.0960. The molecule has 1 aliphatic rings. The highest BCUT2D eigenvalue weighted by Crippen LogP contribution is 2.09. The third-order valence-corrected chi connectivity index (χ3v) is 3.38. The van der Waals surface area contributed by atoms with Crippen LogP contribution in [-0.4, -0.2) is 59.3 Å². The predicted octanol–water partition coefficient (Wildman–Crippen LogP) is 0.784. The summed E-state index contributed by atoms with van der Waals surface area (Å²) in [4.78, 5) is 2.35. The molecule has 15 heavy (non-hydrogen) atoms.